The van der Waals surface area contributed by atoms with Crippen LogP contribution >= 0.6 is 0 Å². The van der Waals surface area contributed by atoms with Crippen molar-refractivity contribution < 1.29 is 79.1 Å². The molecule has 0 unspecified atom stereocenters. The molecular formula is H8B2HgK. The molecule has 0 aliphatic carbocycles. The summed E-state index contributed by atoms with van der Waals surface area (Å²) in [5.41, 5.74) is 0. The van der Waals surface area contributed by atoms with Crippen LogP contribution in [0.4, 0.5) is 0 Å². The molecule has 0 spiro atoms. The van der Waals surface area contributed by atoms with Gasteiger partial charge in [0.2, 0.25) is 0 Å². The fraction of sp³-hybridized carbons (Fsp3) is 0. The summed E-state index contributed by atoms with van der Waals surface area (Å²) in [6.07, 6.45) is 0. The molecule has 0 nitrogen and oxygen atoms in total. The zero-order valence-electron chi connectivity index (χ0n) is 1.71. The van der Waals surface area contributed by atoms with Crippen molar-refractivity contribution in [3.63, 3.8) is 0 Å². The average molecular weight is 269 g/mol. The summed E-state index contributed by atoms with van der Waals surface area (Å²) in [5.74, 6) is 0. The summed E-state index contributed by atoms with van der Waals surface area (Å²) >= 11 is 0. The van der Waals surface area contributed by atoms with Crippen LogP contribution in [0.1, 0.15) is 0 Å². The van der Waals surface area contributed by atoms with E-state index in [1.165, 1.54) is 0 Å². The first-order valence-corrected chi connectivity index (χ1v) is 0. The molecule has 0 aromatic heterocycles. The number of hydrogen-bond donors (Lipinski definition) is 0. The third-order valence-electron chi connectivity index (χ3n) is 0. The summed E-state index contributed by atoms with van der Waals surface area (Å²) in [6.45, 7) is 0. The van der Waals surface area contributed by atoms with Crippen LogP contribution in [0.3, 0.4) is 0 Å². The van der Waals surface area contributed by atoms with Crippen LogP contribution in [0.5, 0.6) is 0 Å². The Labute approximate surface area is 93.6 Å². The summed E-state index contributed by atoms with van der Waals surface area (Å²) < 4.78 is 0. The molecule has 0 atom stereocenters. The van der Waals surface area contributed by atoms with Gasteiger partial charge in [0.1, 0.15) is 0 Å². The van der Waals surface area contributed by atoms with Crippen molar-refractivity contribution in [3.05, 3.63) is 0 Å². The van der Waals surface area contributed by atoms with Crippen LogP contribution in [0, 0.1) is 0 Å². The third kappa shape index (κ3) is 8.83. The molecule has 1 radical (unpaired) electrons. The van der Waals surface area contributed by atoms with Gasteiger partial charge in [-0.3, -0.25) is 0 Å². The van der Waals surface area contributed by atoms with Gasteiger partial charge in [-0.05, 0) is 0 Å². The second kappa shape index (κ2) is 17.3. The van der Waals surface area contributed by atoms with Gasteiger partial charge in [-0.2, -0.15) is 0 Å². The molecule has 0 aromatic carbocycles. The molecule has 0 amide bonds. The molecule has 0 bridgehead atoms. The van der Waals surface area contributed by atoms with Crippen LogP contribution in [-0.4, -0.2) is 16.8 Å². The average Bonchev–Trinajstić information content (AvgIpc) is 0. The first kappa shape index (κ1) is 29.9. The van der Waals surface area contributed by atoms with Crippen LogP contribution in [0.2, 0.25) is 0 Å². The van der Waals surface area contributed by atoms with Gasteiger partial charge in [-0.15, -0.1) is 0 Å². The molecule has 0 aromatic rings. The fourth-order valence-electron chi connectivity index (χ4n) is 0. The van der Waals surface area contributed by atoms with Crippen molar-refractivity contribution >= 4 is 16.8 Å². The standard InChI is InChI=1S/2BH4.Hg.K/h2*1H4;;/q2*-1;2*+1. The van der Waals surface area contributed by atoms with E-state index >= 15 is 0 Å². The van der Waals surface area contributed by atoms with E-state index in [1.807, 2.05) is 0 Å². The third-order valence-corrected chi connectivity index (χ3v) is 0. The predicted molar refractivity (Wildman–Crippen MR) is 22.7 cm³/mol. The van der Waals surface area contributed by atoms with Gasteiger partial charge in [-0.1, -0.05) is 16.8 Å². The van der Waals surface area contributed by atoms with E-state index in [1.54, 1.807) is 0 Å². The second-order valence-electron chi connectivity index (χ2n) is 0. The molecular weight excluding hydrogens is 261 g/mol. The topological polar surface area (TPSA) is 0 Å². The molecule has 0 N–H and O–H groups in total. The van der Waals surface area contributed by atoms with Gasteiger partial charge in [-0.25, -0.2) is 0 Å². The summed E-state index contributed by atoms with van der Waals surface area (Å²) in [6, 6.07) is 0. The van der Waals surface area contributed by atoms with Crippen LogP contribution in [0.25, 0.3) is 0 Å². The van der Waals surface area contributed by atoms with Crippen LogP contribution < -0.4 is 51.4 Å². The van der Waals surface area contributed by atoms with Crippen LogP contribution in [-0.2, 0) is 27.7 Å². The van der Waals surface area contributed by atoms with Gasteiger partial charge in [0.05, 0.1) is 0 Å². The Morgan fingerprint density at radius 3 is 0.750 bits per heavy atom. The van der Waals surface area contributed by atoms with E-state index in [0.717, 1.165) is 0 Å². The Balaban J connectivity index is 0. The molecule has 0 saturated heterocycles. The van der Waals surface area contributed by atoms with Gasteiger partial charge in [0.25, 0.3) is 0 Å². The minimum absolute atomic E-state index is 0. The fourth-order valence-corrected chi connectivity index (χ4v) is 0. The normalized spacial score (nSPS) is 0. The maximum atomic E-state index is 0. The van der Waals surface area contributed by atoms with Gasteiger partial charge in [0, 0.05) is 0 Å². The molecule has 0 fully saturated rings. The van der Waals surface area contributed by atoms with E-state index in [-0.39, 0.29) is 95.9 Å². The number of hydrogen-bond acceptors (Lipinski definition) is 0. The van der Waals surface area contributed by atoms with E-state index < -0.39 is 0 Å². The summed E-state index contributed by atoms with van der Waals surface area (Å²) in [4.78, 5) is 0. The Kier molecular flexibility index (Phi) is 129. The number of rotatable bonds is 0. The Morgan fingerprint density at radius 2 is 0.750 bits per heavy atom. The van der Waals surface area contributed by atoms with E-state index in [0.29, 0.717) is 0 Å². The van der Waals surface area contributed by atoms with Crippen molar-refractivity contribution in [2.75, 3.05) is 0 Å². The predicted octanol–water partition coefficient (Wildman–Crippen LogP) is -5.90. The van der Waals surface area contributed by atoms with Crippen molar-refractivity contribution in [1.82, 2.24) is 0 Å². The van der Waals surface area contributed by atoms with Gasteiger partial charge in [0.15, 0.2) is 0 Å². The van der Waals surface area contributed by atoms with Crippen molar-refractivity contribution in [1.29, 1.82) is 0 Å². The molecule has 0 aliphatic rings. The molecule has 0 heterocycles. The van der Waals surface area contributed by atoms with Crippen LogP contribution in [0.15, 0.2) is 0 Å². The zero-order valence-corrected chi connectivity index (χ0v) is 10.3. The first-order valence-electron chi connectivity index (χ1n) is 0. The second-order valence-corrected chi connectivity index (χ2v) is 0. The van der Waals surface area contributed by atoms with E-state index in [4.69, 9.17) is 0 Å². The minimum Gasteiger partial charge on any atom is -0.0626 e. The van der Waals surface area contributed by atoms with Gasteiger partial charge >= 0.3 is 79.1 Å². The molecule has 17 valence electrons. The SMILES string of the molecule is [BH4-].[BH4-].[Hg+].[K+]. The van der Waals surface area contributed by atoms with Crippen molar-refractivity contribution in [2.24, 2.45) is 0 Å². The largest absolute Gasteiger partial charge is 1.00 e. The maximum absolute atomic E-state index is 0. The van der Waals surface area contributed by atoms with Crippen molar-refractivity contribution in [2.45, 2.75) is 0 Å². The summed E-state index contributed by atoms with van der Waals surface area (Å²) in [7, 11) is 0. The maximum Gasteiger partial charge on any atom is 1.00 e. The molecule has 4 heavy (non-hydrogen) atoms. The van der Waals surface area contributed by atoms with Gasteiger partial charge < -0.3 is 0 Å². The molecule has 0 aliphatic heterocycles. The molecule has 0 saturated carbocycles. The van der Waals surface area contributed by atoms with E-state index in [9.17, 15) is 0 Å². The minimum atomic E-state index is 0. The summed E-state index contributed by atoms with van der Waals surface area (Å²) in [5, 5.41) is 0. The monoisotopic (exact) mass is 271 g/mol. The molecule has 4 heteroatoms. The molecule has 0 rings (SSSR count). The first-order chi connectivity index (χ1) is 0. The quantitative estimate of drug-likeness (QED) is 0.384. The zero-order chi connectivity index (χ0) is 0. The van der Waals surface area contributed by atoms with Crippen molar-refractivity contribution in [3.8, 4) is 0 Å². The van der Waals surface area contributed by atoms with E-state index in [2.05, 4.69) is 0 Å². The Morgan fingerprint density at radius 1 is 0.750 bits per heavy atom. The smallest absolute Gasteiger partial charge is 0.0626 e. The Bertz CT molecular complexity index is 6.00. The Hall–Kier alpha value is 2.70.